The van der Waals surface area contributed by atoms with Crippen LogP contribution in [0.5, 0.6) is 0 Å². The van der Waals surface area contributed by atoms with Crippen LogP contribution in [-0.4, -0.2) is 58.1 Å². The minimum atomic E-state index is -0.737. The lowest BCUT2D eigenvalue weighted by Gasteiger charge is -2.12. The van der Waals surface area contributed by atoms with Gasteiger partial charge in [-0.3, -0.25) is 38.4 Å². The molecule has 16 bridgehead atoms. The third-order valence-electron chi connectivity index (χ3n) is 29.4. The van der Waals surface area contributed by atoms with Crippen molar-refractivity contribution >= 4 is 136 Å². The Bertz CT molecular complexity index is 8250. The van der Waals surface area contributed by atoms with Crippen molar-refractivity contribution in [1.82, 2.24) is 58.1 Å². The van der Waals surface area contributed by atoms with Crippen molar-refractivity contribution in [2.75, 3.05) is 0 Å². The Balaban J connectivity index is 0.549. The number of rotatable bonds is 32. The topological polar surface area (TPSA) is 271 Å². The predicted octanol–water partition coefficient (Wildman–Crippen LogP) is 25.7. The van der Waals surface area contributed by atoms with Crippen molar-refractivity contribution < 1.29 is 0 Å². The molecule has 142 heavy (non-hydrogen) atoms. The summed E-state index contributed by atoms with van der Waals surface area (Å²) in [5.74, 6) is 0. The monoisotopic (exact) mass is 1870 g/mol. The Morgan fingerprint density at radius 2 is 0.401 bits per heavy atom. The van der Waals surface area contributed by atoms with Gasteiger partial charge in [-0.1, -0.05) is 191 Å². The minimum Gasteiger partial charge on any atom is -0.355 e. The van der Waals surface area contributed by atoms with E-state index in [1.165, 1.54) is 69.8 Å². The van der Waals surface area contributed by atoms with Crippen LogP contribution in [0.3, 0.4) is 0 Å². The molecular weight excluding hydrogens is 1760 g/mol. The third-order valence-corrected chi connectivity index (χ3v) is 29.4. The molecule has 0 spiro atoms. The molecule has 0 saturated carbocycles. The number of hydrogen-bond donors (Lipinski definition) is 4. The number of H-pyrrole nitrogens is 4. The van der Waals surface area contributed by atoms with Crippen LogP contribution >= 0.6 is 0 Å². The summed E-state index contributed by atoms with van der Waals surface area (Å²) in [6, 6.07) is 56.9. The maximum atomic E-state index is 14.7. The molecule has 14 heterocycles. The summed E-state index contributed by atoms with van der Waals surface area (Å²) in [4.78, 5) is 155. The van der Waals surface area contributed by atoms with Crippen molar-refractivity contribution in [3.05, 3.63) is 355 Å². The third kappa shape index (κ3) is 16.9. The van der Waals surface area contributed by atoms with Gasteiger partial charge in [0.25, 0.3) is 44.5 Å². The molecule has 17 aromatic rings. The molecule has 4 aliphatic rings. The largest absolute Gasteiger partial charge is 0.355 e. The number of benzene rings is 7. The summed E-state index contributed by atoms with van der Waals surface area (Å²) in [7, 11) is 0. The smallest absolute Gasteiger partial charge is 0.266 e. The molecule has 0 unspecified atom stereocenters. The lowest BCUT2D eigenvalue weighted by molar-refractivity contribution is 0.715. The van der Waals surface area contributed by atoms with Gasteiger partial charge in [0.15, 0.2) is 0 Å². The fraction of sp³-hybridized carbons (Fsp3) is 0.262. The van der Waals surface area contributed by atoms with Gasteiger partial charge in [0, 0.05) is 88.6 Å². The van der Waals surface area contributed by atoms with Gasteiger partial charge < -0.3 is 19.9 Å². The fourth-order valence-corrected chi connectivity index (χ4v) is 21.6. The molecule has 10 aromatic heterocycles. The first-order valence-corrected chi connectivity index (χ1v) is 51.0. The highest BCUT2D eigenvalue weighted by molar-refractivity contribution is 6.02. The number of aromatic nitrogens is 12. The predicted molar refractivity (Wildman–Crippen MR) is 584 cm³/mol. The first kappa shape index (κ1) is 92.6. The molecule has 0 fully saturated rings. The van der Waals surface area contributed by atoms with Crippen LogP contribution in [0.1, 0.15) is 247 Å². The first-order valence-electron chi connectivity index (χ1n) is 51.0. The van der Waals surface area contributed by atoms with Gasteiger partial charge in [-0.25, -0.2) is 38.2 Å². The Labute approximate surface area is 820 Å². The zero-order chi connectivity index (χ0) is 97.8. The van der Waals surface area contributed by atoms with Gasteiger partial charge in [0.1, 0.15) is 0 Å². The normalized spacial score (nSPS) is 12.5. The Morgan fingerprint density at radius 1 is 0.211 bits per heavy atom. The number of aromatic amines is 4. The minimum absolute atomic E-state index is 0.0358. The van der Waals surface area contributed by atoms with Crippen LogP contribution in [0.4, 0.5) is 0 Å². The number of hydrogen-bond acceptors (Lipinski definition) is 12. The summed E-state index contributed by atoms with van der Waals surface area (Å²) < 4.78 is 4.07. The zero-order valence-electron chi connectivity index (χ0n) is 81.8. The number of nitrogens with one attached hydrogen (secondary N) is 4. The Morgan fingerprint density at radius 3 is 0.634 bits per heavy atom. The van der Waals surface area contributed by atoms with E-state index in [1.54, 1.807) is 38.1 Å². The van der Waals surface area contributed by atoms with Crippen LogP contribution in [0.2, 0.25) is 0 Å². The average Bonchev–Trinajstić information content (AvgIpc) is 1.75. The summed E-state index contributed by atoms with van der Waals surface area (Å²) in [6.07, 6.45) is 42.4. The molecule has 4 N–H and O–H groups in total. The van der Waals surface area contributed by atoms with Crippen LogP contribution in [0.25, 0.3) is 203 Å². The second kappa shape index (κ2) is 39.2. The molecule has 0 atom stereocenters. The first-order chi connectivity index (χ1) is 69.3. The van der Waals surface area contributed by atoms with Crippen LogP contribution in [0.15, 0.2) is 220 Å². The highest BCUT2D eigenvalue weighted by Crippen LogP contribution is 2.40. The lowest BCUT2D eigenvalue weighted by Crippen LogP contribution is -2.27. The average molecular weight is 1880 g/mol. The molecule has 20 heteroatoms. The summed E-state index contributed by atoms with van der Waals surface area (Å²) in [5.41, 5.74) is 26.3. The maximum absolute atomic E-state index is 14.7. The highest BCUT2D eigenvalue weighted by atomic mass is 16.2. The Kier molecular flexibility index (Phi) is 25.6. The van der Waals surface area contributed by atoms with Crippen molar-refractivity contribution in [1.29, 1.82) is 0 Å². The van der Waals surface area contributed by atoms with E-state index >= 15 is 0 Å². The molecule has 4 aliphatic heterocycles. The molecule has 0 radical (unpaired) electrons. The molecule has 20 nitrogen and oxygen atoms in total. The van der Waals surface area contributed by atoms with Crippen LogP contribution in [0, 0.1) is 13.8 Å². The van der Waals surface area contributed by atoms with Crippen molar-refractivity contribution in [3.8, 4) is 67.3 Å². The molecule has 710 valence electrons. The molecular formula is C122H114N12O8. The number of fused-ring (bicyclic) bond motifs is 20. The SMILES string of the molecule is CCCCCc1c2nc(c(CCCCC)c3ccc([nH]3)c(-c3ccc(-c4ccc(-n5c(=O)c6cc7c(=O)n(-c8cc(C)c(-n9c(=O)c%10cc%11c(=O)n(-c%12ccc(-c%13ccc(-c%14c%15nc(c(CCCCC)c%16ccc([nH]%16)c(CCCCC)c%16nc(c(CCCCC)c%17ccc%14[nH]%17)C=C%16)C=C%15)cc%13)cc%12)c(=O)c%11cc%10c9=O)cc8C)c(=O)c7cc6c5=O)cc4)cc3)c3nc(c(CCCCC)c4ccc1[nH]4)C=C3)C=C2. The molecule has 0 aliphatic carbocycles. The summed E-state index contributed by atoms with van der Waals surface area (Å²) >= 11 is 0. The molecule has 21 rings (SSSR count). The van der Waals surface area contributed by atoms with E-state index in [1.807, 2.05) is 24.3 Å². The number of unbranched alkanes of at least 4 members (excludes halogenated alkanes) is 12. The quantitative estimate of drug-likeness (QED) is 0.0287. The fourth-order valence-electron chi connectivity index (χ4n) is 21.6. The van der Waals surface area contributed by atoms with E-state index < -0.39 is 44.5 Å². The van der Waals surface area contributed by atoms with Gasteiger partial charge >= 0.3 is 0 Å². The second-order valence-corrected chi connectivity index (χ2v) is 38.7. The standard InChI is InChI=1S/C122H114N12O8/c1-9-15-21-27-81-95-49-53-99(123-95)83(29-23-17-11-3)103-57-61-107(127-103)113(108-62-58-104(128-108)84(30-24-18-12-4)100-54-50-96(81)124-100)77-37-33-73(34-38-77)75-41-45-79(46-42-75)131-115(135)87-67-91-92(68-88(87)116(131)136)120(140)133(119(91)139)111-65-72(8)112(66-71(111)7)134-121(141)93-69-89-90(70-94(93)122(134)142)118(138)132(117(89)137)80-47-43-76(44-48-80)74-35-39-78(40-36-74)114-109-63-59-105(129-109)85(31-25-19-13-5)101-55-51-97(125-101)82(28-22-16-10-2)98-52-56-102(126-98)86(32-26-20-14-6)106-60-64-110(114)130-106/h33-70,123,125,128,130H,9-32H2,1-8H3. The van der Waals surface area contributed by atoms with E-state index in [-0.39, 0.29) is 54.5 Å². The van der Waals surface area contributed by atoms with E-state index in [0.717, 1.165) is 307 Å². The maximum Gasteiger partial charge on any atom is 0.266 e. The van der Waals surface area contributed by atoms with E-state index in [9.17, 15) is 38.4 Å². The molecule has 0 amide bonds. The number of aryl methyl sites for hydroxylation is 8. The van der Waals surface area contributed by atoms with E-state index in [4.69, 9.17) is 19.9 Å². The van der Waals surface area contributed by atoms with Crippen LogP contribution in [-0.2, 0) is 38.5 Å². The zero-order valence-corrected chi connectivity index (χ0v) is 81.8. The van der Waals surface area contributed by atoms with Gasteiger partial charge in [-0.15, -0.1) is 0 Å². The van der Waals surface area contributed by atoms with Crippen molar-refractivity contribution in [3.63, 3.8) is 0 Å². The van der Waals surface area contributed by atoms with Gasteiger partial charge in [0.2, 0.25) is 0 Å². The van der Waals surface area contributed by atoms with Crippen molar-refractivity contribution in [2.24, 2.45) is 0 Å². The van der Waals surface area contributed by atoms with Gasteiger partial charge in [-0.05, 0) is 293 Å². The van der Waals surface area contributed by atoms with Crippen LogP contribution < -0.4 is 44.5 Å². The Hall–Kier alpha value is -15.7. The molecule has 0 saturated heterocycles. The lowest BCUT2D eigenvalue weighted by atomic mass is 9.99. The number of nitrogens with zero attached hydrogens (tertiary/aromatic N) is 8. The van der Waals surface area contributed by atoms with E-state index in [2.05, 4.69) is 207 Å². The summed E-state index contributed by atoms with van der Waals surface area (Å²) in [6.45, 7) is 16.7. The van der Waals surface area contributed by atoms with Gasteiger partial charge in [-0.2, -0.15) is 0 Å². The van der Waals surface area contributed by atoms with Crippen molar-refractivity contribution in [2.45, 2.75) is 209 Å². The highest BCUT2D eigenvalue weighted by Gasteiger charge is 2.29. The van der Waals surface area contributed by atoms with E-state index in [0.29, 0.717) is 22.5 Å². The molecule has 7 aromatic carbocycles. The van der Waals surface area contributed by atoms with Gasteiger partial charge in [0.05, 0.1) is 111 Å². The second-order valence-electron chi connectivity index (χ2n) is 38.7. The summed E-state index contributed by atoms with van der Waals surface area (Å²) in [5, 5.41) is -0.438.